The van der Waals surface area contributed by atoms with E-state index >= 15 is 0 Å². The maximum absolute atomic E-state index is 11.8. The van der Waals surface area contributed by atoms with Crippen molar-refractivity contribution in [3.05, 3.63) is 0 Å². The lowest BCUT2D eigenvalue weighted by molar-refractivity contribution is -0.138. The molecule has 0 aliphatic heterocycles. The highest BCUT2D eigenvalue weighted by Crippen LogP contribution is 2.27. The first-order valence-corrected chi connectivity index (χ1v) is 8.86. The Hall–Kier alpha value is -0.130. The number of nitrogens with one attached hydrogen (secondary N) is 1. The molecule has 0 aromatic rings. The van der Waals surface area contributed by atoms with Crippen molar-refractivity contribution in [3.8, 4) is 0 Å². The topological polar surface area (TPSA) is 66.4 Å². The van der Waals surface area contributed by atoms with Crippen LogP contribution >= 0.6 is 35.0 Å². The van der Waals surface area contributed by atoms with Crippen molar-refractivity contribution in [3.63, 3.8) is 0 Å². The predicted octanol–water partition coefficient (Wildman–Crippen LogP) is 3.06. The van der Waals surface area contributed by atoms with Crippen LogP contribution in [0.1, 0.15) is 38.5 Å². The Bertz CT molecular complexity index is 323. The van der Waals surface area contributed by atoms with E-state index in [0.717, 1.165) is 31.4 Å². The number of aliphatic carboxylic acids is 1. The molecule has 1 unspecified atom stereocenters. The van der Waals surface area contributed by atoms with Gasteiger partial charge in [0.1, 0.15) is 0 Å². The van der Waals surface area contributed by atoms with Crippen molar-refractivity contribution in [2.45, 2.75) is 49.3 Å². The van der Waals surface area contributed by atoms with Crippen LogP contribution in [0.5, 0.6) is 0 Å². The summed E-state index contributed by atoms with van der Waals surface area (Å²) in [5.41, 5.74) is 0. The fourth-order valence-corrected chi connectivity index (χ4v) is 3.71. The van der Waals surface area contributed by atoms with Crippen molar-refractivity contribution in [2.24, 2.45) is 5.92 Å². The van der Waals surface area contributed by atoms with E-state index in [2.05, 4.69) is 5.32 Å². The fraction of sp³-hybridized carbons (Fsp3) is 0.846. The molecular weight excluding hydrogens is 321 g/mol. The number of carboxylic acids is 1. The Morgan fingerprint density at radius 3 is 2.50 bits per heavy atom. The Morgan fingerprint density at radius 2 is 1.95 bits per heavy atom. The summed E-state index contributed by atoms with van der Waals surface area (Å²) in [6, 6.07) is 0.162. The lowest BCUT2D eigenvalue weighted by atomic mass is 9.84. The van der Waals surface area contributed by atoms with Crippen LogP contribution in [-0.2, 0) is 9.59 Å². The summed E-state index contributed by atoms with van der Waals surface area (Å²) in [7, 11) is 0. The van der Waals surface area contributed by atoms with E-state index in [1.807, 2.05) is 0 Å². The molecule has 0 radical (unpaired) electrons. The number of hydrogen-bond acceptors (Lipinski definition) is 3. The number of alkyl halides is 2. The van der Waals surface area contributed by atoms with Gasteiger partial charge >= 0.3 is 5.97 Å². The fourth-order valence-electron chi connectivity index (χ4n) is 2.42. The highest BCUT2D eigenvalue weighted by atomic mass is 35.5. The molecule has 0 aromatic heterocycles. The summed E-state index contributed by atoms with van der Waals surface area (Å²) in [5.74, 6) is 0.750. The average Bonchev–Trinajstić information content (AvgIpc) is 2.38. The number of rotatable bonds is 8. The van der Waals surface area contributed by atoms with Crippen molar-refractivity contribution >= 4 is 46.8 Å². The van der Waals surface area contributed by atoms with Crippen LogP contribution in [-0.4, -0.2) is 39.4 Å². The molecule has 1 atom stereocenters. The molecule has 1 aliphatic carbocycles. The first kappa shape index (κ1) is 17.9. The molecule has 20 heavy (non-hydrogen) atoms. The van der Waals surface area contributed by atoms with Crippen molar-refractivity contribution in [1.29, 1.82) is 0 Å². The van der Waals surface area contributed by atoms with Gasteiger partial charge in [0, 0.05) is 24.1 Å². The van der Waals surface area contributed by atoms with Crippen LogP contribution in [0.2, 0.25) is 0 Å². The van der Waals surface area contributed by atoms with E-state index < -0.39 is 5.97 Å². The van der Waals surface area contributed by atoms with Gasteiger partial charge in [0.05, 0.1) is 11.1 Å². The van der Waals surface area contributed by atoms with Crippen LogP contribution < -0.4 is 5.32 Å². The Balaban J connectivity index is 2.19. The van der Waals surface area contributed by atoms with Gasteiger partial charge in [-0.3, -0.25) is 9.59 Å². The first-order chi connectivity index (χ1) is 9.51. The van der Waals surface area contributed by atoms with E-state index in [-0.39, 0.29) is 35.4 Å². The van der Waals surface area contributed by atoms with Gasteiger partial charge in [-0.15, -0.1) is 35.0 Å². The van der Waals surface area contributed by atoms with Crippen molar-refractivity contribution in [1.82, 2.24) is 5.32 Å². The standard InChI is InChI=1S/C13H21Cl2NO3S/c14-5-6-20-11(15)8-12(17)16-10-3-1-9(2-4-10)7-13(18)19/h9-11H,1-8H2,(H,16,17)(H,18,19). The zero-order valence-electron chi connectivity index (χ0n) is 11.3. The molecule has 2 N–H and O–H groups in total. The van der Waals surface area contributed by atoms with Gasteiger partial charge in [-0.05, 0) is 31.6 Å². The lowest BCUT2D eigenvalue weighted by Gasteiger charge is -2.28. The minimum Gasteiger partial charge on any atom is -0.481 e. The van der Waals surface area contributed by atoms with Gasteiger partial charge < -0.3 is 10.4 Å². The third-order valence-corrected chi connectivity index (χ3v) is 5.31. The molecule has 0 spiro atoms. The average molecular weight is 342 g/mol. The number of halogens is 2. The van der Waals surface area contributed by atoms with Crippen LogP contribution in [0.25, 0.3) is 0 Å². The van der Waals surface area contributed by atoms with Crippen LogP contribution in [0.15, 0.2) is 0 Å². The third-order valence-electron chi connectivity index (χ3n) is 3.40. The molecule has 116 valence electrons. The molecule has 1 saturated carbocycles. The summed E-state index contributed by atoms with van der Waals surface area (Å²) < 4.78 is -0.239. The normalized spacial score (nSPS) is 24.1. The largest absolute Gasteiger partial charge is 0.481 e. The number of carbonyl (C=O) groups is 2. The Morgan fingerprint density at radius 1 is 1.30 bits per heavy atom. The Labute approximate surface area is 134 Å². The maximum atomic E-state index is 11.8. The summed E-state index contributed by atoms with van der Waals surface area (Å²) in [6.45, 7) is 0. The first-order valence-electron chi connectivity index (χ1n) is 6.84. The molecule has 1 rings (SSSR count). The molecule has 1 aliphatic rings. The predicted molar refractivity (Wildman–Crippen MR) is 83.6 cm³/mol. The minimum atomic E-state index is -0.737. The molecule has 0 bridgehead atoms. The van der Waals surface area contributed by atoms with Gasteiger partial charge in [-0.25, -0.2) is 0 Å². The molecule has 0 heterocycles. The molecule has 1 fully saturated rings. The Kier molecular flexibility index (Phi) is 8.73. The zero-order valence-corrected chi connectivity index (χ0v) is 13.6. The van der Waals surface area contributed by atoms with E-state index in [1.54, 1.807) is 0 Å². The van der Waals surface area contributed by atoms with Gasteiger partial charge in [0.25, 0.3) is 0 Å². The summed E-state index contributed by atoms with van der Waals surface area (Å²) in [4.78, 5) is 22.4. The molecule has 0 saturated heterocycles. The van der Waals surface area contributed by atoms with Gasteiger partial charge in [0.2, 0.25) is 5.91 Å². The quantitative estimate of drug-likeness (QED) is 0.666. The van der Waals surface area contributed by atoms with E-state index in [9.17, 15) is 9.59 Å². The number of hydrogen-bond donors (Lipinski definition) is 2. The van der Waals surface area contributed by atoms with Crippen LogP contribution in [0.4, 0.5) is 0 Å². The highest BCUT2D eigenvalue weighted by molar-refractivity contribution is 8.01. The molecular formula is C13H21Cl2NO3S. The number of thioether (sulfide) groups is 1. The molecule has 7 heteroatoms. The monoisotopic (exact) mass is 341 g/mol. The van der Waals surface area contributed by atoms with E-state index in [0.29, 0.717) is 5.88 Å². The van der Waals surface area contributed by atoms with E-state index in [1.165, 1.54) is 11.8 Å². The van der Waals surface area contributed by atoms with E-state index in [4.69, 9.17) is 28.3 Å². The van der Waals surface area contributed by atoms with Crippen LogP contribution in [0, 0.1) is 5.92 Å². The SMILES string of the molecule is O=C(O)CC1CCC(NC(=O)CC(Cl)SCCCl)CC1. The second-order valence-corrected chi connectivity index (χ2v) is 7.53. The highest BCUT2D eigenvalue weighted by Gasteiger charge is 2.24. The minimum absolute atomic E-state index is 0.0336. The second kappa shape index (κ2) is 9.74. The summed E-state index contributed by atoms with van der Waals surface area (Å²) in [5, 5.41) is 11.7. The van der Waals surface area contributed by atoms with Gasteiger partial charge in [0.15, 0.2) is 0 Å². The van der Waals surface area contributed by atoms with Crippen molar-refractivity contribution < 1.29 is 14.7 Å². The number of carbonyl (C=O) groups excluding carboxylic acids is 1. The summed E-state index contributed by atoms with van der Waals surface area (Å²) >= 11 is 13.1. The molecule has 0 aromatic carbocycles. The maximum Gasteiger partial charge on any atom is 0.303 e. The summed E-state index contributed by atoms with van der Waals surface area (Å²) in [6.07, 6.45) is 3.96. The van der Waals surface area contributed by atoms with Crippen LogP contribution in [0.3, 0.4) is 0 Å². The van der Waals surface area contributed by atoms with Crippen molar-refractivity contribution in [2.75, 3.05) is 11.6 Å². The lowest BCUT2D eigenvalue weighted by Crippen LogP contribution is -2.38. The molecule has 4 nitrogen and oxygen atoms in total. The number of carboxylic acid groups (broad SMARTS) is 1. The second-order valence-electron chi connectivity index (χ2n) is 5.06. The third kappa shape index (κ3) is 7.60. The molecule has 1 amide bonds. The smallest absolute Gasteiger partial charge is 0.303 e. The number of amides is 1. The van der Waals surface area contributed by atoms with Gasteiger partial charge in [-0.1, -0.05) is 0 Å². The zero-order chi connectivity index (χ0) is 15.0. The van der Waals surface area contributed by atoms with Gasteiger partial charge in [-0.2, -0.15) is 0 Å².